The predicted molar refractivity (Wildman–Crippen MR) is 98.5 cm³/mol. The molecule has 0 aliphatic carbocycles. The summed E-state index contributed by atoms with van der Waals surface area (Å²) in [6.07, 6.45) is 1.37. The highest BCUT2D eigenvalue weighted by atomic mass is 35.5. The molecule has 1 amide bonds. The van der Waals surface area contributed by atoms with E-state index in [1.54, 1.807) is 0 Å². The van der Waals surface area contributed by atoms with Gasteiger partial charge in [-0.25, -0.2) is 14.6 Å². The Morgan fingerprint density at radius 1 is 1.00 bits per heavy atom. The second-order valence-electron chi connectivity index (χ2n) is 5.80. The summed E-state index contributed by atoms with van der Waals surface area (Å²) >= 11 is 5.94. The van der Waals surface area contributed by atoms with Crippen molar-refractivity contribution in [2.24, 2.45) is 0 Å². The first-order valence-corrected chi connectivity index (χ1v) is 8.62. The van der Waals surface area contributed by atoms with Crippen LogP contribution in [0, 0.1) is 0 Å². The van der Waals surface area contributed by atoms with E-state index in [1.807, 2.05) is 0 Å². The third-order valence-electron chi connectivity index (χ3n) is 3.85. The predicted octanol–water partition coefficient (Wildman–Crippen LogP) is 3.17. The summed E-state index contributed by atoms with van der Waals surface area (Å²) < 4.78 is 41.7. The summed E-state index contributed by atoms with van der Waals surface area (Å²) in [5.74, 6) is -0.901. The average molecular weight is 435 g/mol. The van der Waals surface area contributed by atoms with Crippen LogP contribution in [0.4, 0.5) is 18.9 Å². The number of amides is 1. The average Bonchev–Trinajstić information content (AvgIpc) is 3.39. The molecule has 4 heterocycles. The second-order valence-corrected chi connectivity index (χ2v) is 6.21. The van der Waals surface area contributed by atoms with Crippen molar-refractivity contribution in [3.63, 3.8) is 0 Å². The van der Waals surface area contributed by atoms with Gasteiger partial charge in [0.2, 0.25) is 0 Å². The number of carbonyl (C=O) groups excluding carboxylic acids is 1. The van der Waals surface area contributed by atoms with Crippen LogP contribution in [0.1, 0.15) is 16.1 Å². The van der Waals surface area contributed by atoms with E-state index in [0.29, 0.717) is 10.5 Å². The van der Waals surface area contributed by atoms with Crippen LogP contribution in [-0.4, -0.2) is 40.6 Å². The van der Waals surface area contributed by atoms with Gasteiger partial charge in [0, 0.05) is 6.20 Å². The van der Waals surface area contributed by atoms with E-state index in [2.05, 4.69) is 30.6 Å². The van der Waals surface area contributed by atoms with E-state index in [-0.39, 0.29) is 16.5 Å². The Bertz CT molecular complexity index is 1190. The highest BCUT2D eigenvalue weighted by Crippen LogP contribution is 2.34. The van der Waals surface area contributed by atoms with E-state index in [0.717, 1.165) is 6.20 Å². The third kappa shape index (κ3) is 3.72. The maximum Gasteiger partial charge on any atom is 0.434 e. The maximum atomic E-state index is 13.7. The van der Waals surface area contributed by atoms with Crippen LogP contribution in [0.15, 0.2) is 55.2 Å². The minimum absolute atomic E-state index is 0.0509. The van der Waals surface area contributed by atoms with Crippen molar-refractivity contribution in [1.82, 2.24) is 34.7 Å². The van der Waals surface area contributed by atoms with E-state index in [1.165, 1.54) is 53.8 Å². The molecule has 0 aliphatic heterocycles. The molecule has 0 spiro atoms. The highest BCUT2D eigenvalue weighted by molar-refractivity contribution is 6.32. The first-order chi connectivity index (χ1) is 14.3. The molecule has 0 aliphatic rings. The fraction of sp³-hybridized carbons (Fsp3) is 0.0588. The number of hydrogen-bond acceptors (Lipinski definition) is 6. The van der Waals surface area contributed by atoms with E-state index in [9.17, 15) is 18.0 Å². The Hall–Kier alpha value is -3.80. The summed E-state index contributed by atoms with van der Waals surface area (Å²) in [7, 11) is 0. The van der Waals surface area contributed by atoms with Crippen molar-refractivity contribution in [3.05, 3.63) is 71.5 Å². The summed E-state index contributed by atoms with van der Waals surface area (Å²) in [6, 6.07) is 5.78. The van der Waals surface area contributed by atoms with Crippen molar-refractivity contribution in [1.29, 1.82) is 0 Å². The zero-order valence-corrected chi connectivity index (χ0v) is 15.5. The monoisotopic (exact) mass is 434 g/mol. The van der Waals surface area contributed by atoms with Gasteiger partial charge < -0.3 is 5.32 Å². The molecule has 9 nitrogen and oxygen atoms in total. The molecule has 0 saturated heterocycles. The molecule has 0 radical (unpaired) electrons. The Morgan fingerprint density at radius 3 is 2.40 bits per heavy atom. The third-order valence-corrected chi connectivity index (χ3v) is 4.15. The molecule has 0 fully saturated rings. The van der Waals surface area contributed by atoms with Gasteiger partial charge in [0.05, 0.1) is 41.1 Å². The molecule has 0 saturated carbocycles. The standard InChI is InChI=1S/C17H10ClF3N8O/c18-12-2-1-5-22-15(12)28-14(17(19,20)21)11(9-26-28)16(30)27-10-3-4-13(23-8-10)29-24-6-7-25-29/h1-9H,(H,27,30). The molecule has 30 heavy (non-hydrogen) atoms. The van der Waals surface area contributed by atoms with Crippen molar-refractivity contribution in [2.45, 2.75) is 6.18 Å². The van der Waals surface area contributed by atoms with Crippen LogP contribution < -0.4 is 5.32 Å². The minimum atomic E-state index is -4.89. The summed E-state index contributed by atoms with van der Waals surface area (Å²) in [4.78, 5) is 21.7. The number of aromatic nitrogens is 7. The number of hydrogen-bond donors (Lipinski definition) is 1. The number of pyridine rings is 2. The van der Waals surface area contributed by atoms with E-state index < -0.39 is 23.3 Å². The van der Waals surface area contributed by atoms with Crippen molar-refractivity contribution >= 4 is 23.2 Å². The Kier molecular flexibility index (Phi) is 4.91. The lowest BCUT2D eigenvalue weighted by Crippen LogP contribution is -2.21. The van der Waals surface area contributed by atoms with Crippen molar-refractivity contribution < 1.29 is 18.0 Å². The SMILES string of the molecule is O=C(Nc1ccc(-n2nccn2)nc1)c1cnn(-c2ncccc2Cl)c1C(F)(F)F. The molecule has 4 rings (SSSR count). The van der Waals surface area contributed by atoms with Gasteiger partial charge in [-0.3, -0.25) is 4.79 Å². The van der Waals surface area contributed by atoms with Crippen LogP contribution in [0.25, 0.3) is 11.6 Å². The molecule has 13 heteroatoms. The Morgan fingerprint density at radius 2 is 1.77 bits per heavy atom. The molecular weight excluding hydrogens is 425 g/mol. The summed E-state index contributed by atoms with van der Waals surface area (Å²) in [5, 5.41) is 13.8. The van der Waals surface area contributed by atoms with Gasteiger partial charge in [0.25, 0.3) is 5.91 Å². The minimum Gasteiger partial charge on any atom is -0.320 e. The smallest absolute Gasteiger partial charge is 0.320 e. The Labute approximate surface area is 171 Å². The van der Waals surface area contributed by atoms with Gasteiger partial charge in [-0.05, 0) is 24.3 Å². The molecule has 4 aromatic rings. The topological polar surface area (TPSA) is 103 Å². The molecule has 4 aromatic heterocycles. The van der Waals surface area contributed by atoms with E-state index in [4.69, 9.17) is 11.6 Å². The van der Waals surface area contributed by atoms with Crippen LogP contribution in [-0.2, 0) is 6.18 Å². The van der Waals surface area contributed by atoms with Gasteiger partial charge >= 0.3 is 6.18 Å². The van der Waals surface area contributed by atoms with E-state index >= 15 is 0 Å². The van der Waals surface area contributed by atoms with Gasteiger partial charge in [0.1, 0.15) is 0 Å². The number of alkyl halides is 3. The van der Waals surface area contributed by atoms with Gasteiger partial charge in [0.15, 0.2) is 17.3 Å². The number of anilines is 1. The lowest BCUT2D eigenvalue weighted by molar-refractivity contribution is -0.143. The number of nitrogens with zero attached hydrogens (tertiary/aromatic N) is 7. The van der Waals surface area contributed by atoms with Crippen LogP contribution >= 0.6 is 11.6 Å². The summed E-state index contributed by atoms with van der Waals surface area (Å²) in [6.45, 7) is 0. The maximum absolute atomic E-state index is 13.7. The first-order valence-electron chi connectivity index (χ1n) is 8.25. The van der Waals surface area contributed by atoms with Gasteiger partial charge in [-0.2, -0.15) is 28.5 Å². The zero-order valence-electron chi connectivity index (χ0n) is 14.7. The molecule has 0 atom stereocenters. The van der Waals surface area contributed by atoms with Crippen molar-refractivity contribution in [3.8, 4) is 11.6 Å². The fourth-order valence-corrected chi connectivity index (χ4v) is 2.79. The fourth-order valence-electron chi connectivity index (χ4n) is 2.59. The number of halogens is 4. The molecular formula is C17H10ClF3N8O. The number of rotatable bonds is 4. The number of carbonyl (C=O) groups is 1. The lowest BCUT2D eigenvalue weighted by atomic mass is 10.2. The van der Waals surface area contributed by atoms with Crippen LogP contribution in [0.2, 0.25) is 5.02 Å². The molecule has 1 N–H and O–H groups in total. The molecule has 0 aromatic carbocycles. The largest absolute Gasteiger partial charge is 0.434 e. The molecule has 0 bridgehead atoms. The first kappa shape index (κ1) is 19.5. The normalized spacial score (nSPS) is 11.5. The molecule has 152 valence electrons. The quantitative estimate of drug-likeness (QED) is 0.529. The molecule has 0 unspecified atom stereocenters. The van der Waals surface area contributed by atoms with Gasteiger partial charge in [-0.15, -0.1) is 4.80 Å². The zero-order chi connectivity index (χ0) is 21.3. The van der Waals surface area contributed by atoms with Crippen LogP contribution in [0.3, 0.4) is 0 Å². The summed E-state index contributed by atoms with van der Waals surface area (Å²) in [5.41, 5.74) is -1.82. The van der Waals surface area contributed by atoms with Crippen LogP contribution in [0.5, 0.6) is 0 Å². The second kappa shape index (κ2) is 7.55. The Balaban J connectivity index is 1.65. The van der Waals surface area contributed by atoms with Crippen molar-refractivity contribution in [2.75, 3.05) is 5.32 Å². The van der Waals surface area contributed by atoms with Gasteiger partial charge in [-0.1, -0.05) is 11.6 Å². The lowest BCUT2D eigenvalue weighted by Gasteiger charge is -2.13. The highest BCUT2D eigenvalue weighted by Gasteiger charge is 2.41. The number of nitrogens with one attached hydrogen (secondary N) is 1.